The summed E-state index contributed by atoms with van der Waals surface area (Å²) < 4.78 is 0. The van der Waals surface area contributed by atoms with Crippen molar-refractivity contribution in [3.8, 4) is 5.75 Å². The molecule has 0 aromatic heterocycles. The number of nitrogens with one attached hydrogen (secondary N) is 5. The molecule has 81 heavy (non-hydrogen) atoms. The van der Waals surface area contributed by atoms with Crippen LogP contribution in [0.3, 0.4) is 0 Å². The summed E-state index contributed by atoms with van der Waals surface area (Å²) in [5, 5.41) is 101. The van der Waals surface area contributed by atoms with Crippen molar-refractivity contribution in [2.45, 2.75) is 207 Å². The number of rotatable bonds is 22. The number of phenols is 1. The van der Waals surface area contributed by atoms with Crippen molar-refractivity contribution in [3.05, 3.63) is 60.2 Å². The standard InChI is InChI=1S/C56H86N8O15S.ClH/c1-5-31(2)27-32(3)15-11-8-6-7-9-14-18-43(71)58-38-29-42(70)54(80-37-16-12-10-13-17-37)62-53(77)47-41(69)24-26-63(47)56(79)45(40(68)23-25-57)60-52(76)46(49(73)48(72)34-19-21-35(66)22-20-34)61-51(75)39-28-36(67)30-64(39)55(78)44(33(4)65)59-50(38)74;/h10,12-13,16-17,19-22,31-33,36,38-42,44-49,54,65-70,72-73H,5-9,11,14-15,18,23-30,57H2,1-4H3,(H,58,71)(H,59,74)(H,60,76)(H,61,75)(H,62,77);1H/t31-,32+,33+,36+,38-,39-,40+,41-,42+,44-,45-,46-,47-,48-,49-,54?;/m0./s1. The van der Waals surface area contributed by atoms with Gasteiger partial charge in [-0.25, -0.2) is 0 Å². The zero-order valence-corrected chi connectivity index (χ0v) is 48.3. The molecule has 0 spiro atoms. The summed E-state index contributed by atoms with van der Waals surface area (Å²) in [4.78, 5) is 104. The lowest BCUT2D eigenvalue weighted by Gasteiger charge is -2.35. The van der Waals surface area contributed by atoms with Crippen molar-refractivity contribution in [3.63, 3.8) is 0 Å². The lowest BCUT2D eigenvalue weighted by molar-refractivity contribution is -0.148. The minimum atomic E-state index is -2.28. The van der Waals surface area contributed by atoms with E-state index in [1.165, 1.54) is 37.6 Å². The predicted octanol–water partition coefficient (Wildman–Crippen LogP) is 0.354. The van der Waals surface area contributed by atoms with Crippen LogP contribution in [0.5, 0.6) is 5.75 Å². The second-order valence-electron chi connectivity index (χ2n) is 21.9. The minimum absolute atomic E-state index is 0. The first kappa shape index (κ1) is 68.3. The molecular formula is C56H87ClN8O15S. The van der Waals surface area contributed by atoms with Crippen LogP contribution in [0.4, 0.5) is 0 Å². The number of carbonyl (C=O) groups is 7. The van der Waals surface area contributed by atoms with Gasteiger partial charge in [0, 0.05) is 37.2 Å². The van der Waals surface area contributed by atoms with Gasteiger partial charge in [-0.05, 0) is 80.8 Å². The third-order valence-electron chi connectivity index (χ3n) is 15.3. The predicted molar refractivity (Wildman–Crippen MR) is 303 cm³/mol. The van der Waals surface area contributed by atoms with Gasteiger partial charge in [0.1, 0.15) is 59.6 Å². The van der Waals surface area contributed by atoms with Crippen LogP contribution in [0.2, 0.25) is 0 Å². The summed E-state index contributed by atoms with van der Waals surface area (Å²) in [6, 6.07) is 2.11. The van der Waals surface area contributed by atoms with Crippen molar-refractivity contribution < 1.29 is 74.4 Å². The van der Waals surface area contributed by atoms with Gasteiger partial charge in [0.05, 0.1) is 30.5 Å². The monoisotopic (exact) mass is 1180 g/mol. The number of nitrogens with two attached hydrogens (primary N) is 1. The highest BCUT2D eigenvalue weighted by atomic mass is 35.5. The normalized spacial score (nSPS) is 27.6. The van der Waals surface area contributed by atoms with Gasteiger partial charge in [0.25, 0.3) is 0 Å². The molecule has 3 aliphatic rings. The average molecular weight is 1180 g/mol. The number of benzene rings is 2. The van der Waals surface area contributed by atoms with Crippen LogP contribution < -0.4 is 32.3 Å². The van der Waals surface area contributed by atoms with E-state index >= 15 is 0 Å². The Hall–Kier alpha value is -5.15. The molecule has 454 valence electrons. The van der Waals surface area contributed by atoms with E-state index in [1.54, 1.807) is 30.3 Å². The number of carbonyl (C=O) groups excluding carboxylic acids is 7. The number of nitrogens with zero attached hydrogens (tertiary/aromatic N) is 2. The number of amides is 7. The van der Waals surface area contributed by atoms with Crippen molar-refractivity contribution in [1.82, 2.24) is 36.4 Å². The summed E-state index contributed by atoms with van der Waals surface area (Å²) in [5.74, 6) is -6.32. The van der Waals surface area contributed by atoms with Crippen LogP contribution in [0.25, 0.3) is 0 Å². The van der Waals surface area contributed by atoms with Crippen LogP contribution in [0.15, 0.2) is 59.5 Å². The summed E-state index contributed by atoms with van der Waals surface area (Å²) >= 11 is 0.936. The maximum Gasteiger partial charge on any atom is 0.248 e. The van der Waals surface area contributed by atoms with Crippen LogP contribution >= 0.6 is 24.2 Å². The third kappa shape index (κ3) is 19.7. The van der Waals surface area contributed by atoms with Crippen LogP contribution in [-0.4, -0.2) is 190 Å². The Morgan fingerprint density at radius 2 is 1.33 bits per heavy atom. The Morgan fingerprint density at radius 3 is 1.98 bits per heavy atom. The highest BCUT2D eigenvalue weighted by Crippen LogP contribution is 2.30. The molecule has 2 aromatic rings. The number of hydrogen-bond acceptors (Lipinski definition) is 17. The molecule has 3 saturated heterocycles. The molecule has 5 rings (SSSR count). The number of aromatic hydroxyl groups is 1. The molecule has 0 radical (unpaired) electrons. The van der Waals surface area contributed by atoms with Gasteiger partial charge in [-0.1, -0.05) is 108 Å². The second kappa shape index (κ2) is 33.2. The Bertz CT molecular complexity index is 2350. The summed E-state index contributed by atoms with van der Waals surface area (Å²) in [5.41, 5.74) is 5.73. The fourth-order valence-electron chi connectivity index (χ4n) is 10.6. The Kier molecular flexibility index (Phi) is 28.0. The van der Waals surface area contributed by atoms with Crippen LogP contribution in [-0.2, 0) is 33.6 Å². The van der Waals surface area contributed by atoms with E-state index in [0.717, 1.165) is 60.1 Å². The molecule has 0 saturated carbocycles. The van der Waals surface area contributed by atoms with Crippen LogP contribution in [0, 0.1) is 11.8 Å². The number of hydrogen-bond donors (Lipinski definition) is 14. The molecule has 0 bridgehead atoms. The van der Waals surface area contributed by atoms with Crippen molar-refractivity contribution in [2.24, 2.45) is 17.6 Å². The van der Waals surface area contributed by atoms with E-state index in [0.29, 0.717) is 29.6 Å². The molecule has 1 unspecified atom stereocenters. The van der Waals surface area contributed by atoms with E-state index in [-0.39, 0.29) is 56.1 Å². The van der Waals surface area contributed by atoms with Gasteiger partial charge in [0.15, 0.2) is 0 Å². The zero-order chi connectivity index (χ0) is 58.8. The average Bonchev–Trinajstić information content (AvgIpc) is 4.04. The van der Waals surface area contributed by atoms with E-state index in [4.69, 9.17) is 5.73 Å². The van der Waals surface area contributed by atoms with Crippen molar-refractivity contribution in [2.75, 3.05) is 19.6 Å². The quantitative estimate of drug-likeness (QED) is 0.0708. The number of unbranched alkanes of at least 4 members (excludes halogenated alkanes) is 5. The SMILES string of the molecule is CC[C@H](C)C[C@H](C)CCCCCCCCC(=O)N[C@H]1C[C@@H](O)C(Sc2ccccc2)NC(=O)[C@@H]2[C@@H](O)CCN2C(=O)[C@H]([C@H](O)CCN)NC(=O)[C@H]([C@H](O)[C@@H](O)c2ccc(O)cc2)NC(=O)[C@@H]2C[C@@H](O)CN2C(=O)[C@H]([C@@H](C)O)NC1=O.Cl. The Morgan fingerprint density at radius 1 is 0.716 bits per heavy atom. The molecule has 16 atom stereocenters. The van der Waals surface area contributed by atoms with E-state index in [9.17, 15) is 74.4 Å². The molecule has 25 heteroatoms. The maximum absolute atomic E-state index is 14.7. The molecule has 3 aliphatic heterocycles. The summed E-state index contributed by atoms with van der Waals surface area (Å²) in [6.07, 6.45) is -5.32. The number of halogens is 1. The van der Waals surface area contributed by atoms with E-state index < -0.39 is 145 Å². The smallest absolute Gasteiger partial charge is 0.248 e. The maximum atomic E-state index is 14.7. The van der Waals surface area contributed by atoms with Gasteiger partial charge in [0.2, 0.25) is 41.4 Å². The molecule has 2 aromatic carbocycles. The van der Waals surface area contributed by atoms with Crippen molar-refractivity contribution >= 4 is 65.5 Å². The van der Waals surface area contributed by atoms with Crippen molar-refractivity contribution in [1.29, 1.82) is 0 Å². The van der Waals surface area contributed by atoms with E-state index in [1.807, 2.05) is 0 Å². The van der Waals surface area contributed by atoms with Gasteiger partial charge >= 0.3 is 0 Å². The fourth-order valence-corrected chi connectivity index (χ4v) is 11.6. The number of aliphatic hydroxyl groups excluding tert-OH is 7. The topological polar surface area (TPSA) is 374 Å². The highest BCUT2D eigenvalue weighted by Gasteiger charge is 2.49. The first-order chi connectivity index (χ1) is 38.0. The van der Waals surface area contributed by atoms with E-state index in [2.05, 4.69) is 47.4 Å². The third-order valence-corrected chi connectivity index (χ3v) is 16.6. The molecule has 23 nitrogen and oxygen atoms in total. The molecule has 3 heterocycles. The number of fused-ring (bicyclic) bond motifs is 2. The van der Waals surface area contributed by atoms with Gasteiger partial charge in [-0.15, -0.1) is 12.4 Å². The summed E-state index contributed by atoms with van der Waals surface area (Å²) in [7, 11) is 0. The lowest BCUT2D eigenvalue weighted by Crippen LogP contribution is -2.64. The highest BCUT2D eigenvalue weighted by molar-refractivity contribution is 8.00. The van der Waals surface area contributed by atoms with Crippen LogP contribution in [0.1, 0.15) is 129 Å². The Balaban J connectivity index is 0.0000141. The number of aliphatic hydroxyl groups is 7. The Labute approximate surface area is 484 Å². The fraction of sp³-hybridized carbons (Fsp3) is 0.661. The molecule has 3 fully saturated rings. The number of thioether (sulfide) groups is 1. The molecular weight excluding hydrogens is 1090 g/mol. The lowest BCUT2D eigenvalue weighted by atomic mass is 9.91. The first-order valence-electron chi connectivity index (χ1n) is 28.1. The molecule has 0 aliphatic carbocycles. The zero-order valence-electron chi connectivity index (χ0n) is 46.7. The molecule has 7 amide bonds. The minimum Gasteiger partial charge on any atom is -0.508 e. The second-order valence-corrected chi connectivity index (χ2v) is 23.1. The van der Waals surface area contributed by atoms with Gasteiger partial charge in [-0.3, -0.25) is 33.6 Å². The number of phenolic OH excluding ortho intramolecular Hbond substituents is 1. The first-order valence-corrected chi connectivity index (χ1v) is 29.0. The summed E-state index contributed by atoms with van der Waals surface area (Å²) in [6.45, 7) is 6.85. The van der Waals surface area contributed by atoms with Gasteiger partial charge < -0.3 is 83.0 Å². The largest absolute Gasteiger partial charge is 0.508 e. The van der Waals surface area contributed by atoms with Gasteiger partial charge in [-0.2, -0.15) is 0 Å². The molecule has 15 N–H and O–H groups in total.